The van der Waals surface area contributed by atoms with E-state index in [0.717, 1.165) is 18.4 Å². The van der Waals surface area contributed by atoms with Gasteiger partial charge < -0.3 is 9.47 Å². The normalized spacial score (nSPS) is 39.7. The molecule has 0 unspecified atom stereocenters. The summed E-state index contributed by atoms with van der Waals surface area (Å²) in [4.78, 5) is 37.4. The monoisotopic (exact) mass is 328 g/mol. The molecule has 0 aromatic heterocycles. The van der Waals surface area contributed by atoms with Crippen molar-refractivity contribution >= 4 is 17.9 Å². The lowest BCUT2D eigenvalue weighted by molar-refractivity contribution is -0.227. The molecule has 2 aliphatic carbocycles. The number of esters is 3. The number of carbonyl (C=O) groups excluding carboxylic acids is 3. The van der Waals surface area contributed by atoms with E-state index in [4.69, 9.17) is 9.47 Å². The summed E-state index contributed by atoms with van der Waals surface area (Å²) in [5.41, 5.74) is -1.14. The molecule has 1 aliphatic heterocycles. The van der Waals surface area contributed by atoms with Crippen LogP contribution in [0, 0.1) is 11.3 Å². The molecule has 1 saturated heterocycles. The Morgan fingerprint density at radius 3 is 2.38 bits per heavy atom. The number of hydrogen-bond donors (Lipinski definition) is 0. The quantitative estimate of drug-likeness (QED) is 0.585. The van der Waals surface area contributed by atoms with E-state index >= 15 is 0 Å². The van der Waals surface area contributed by atoms with Crippen molar-refractivity contribution in [1.82, 2.24) is 0 Å². The number of ether oxygens (including phenoxy) is 2. The van der Waals surface area contributed by atoms with Gasteiger partial charge in [-0.3, -0.25) is 9.59 Å². The highest BCUT2D eigenvalue weighted by molar-refractivity contribution is 6.00. The second-order valence-corrected chi connectivity index (χ2v) is 7.67. The minimum absolute atomic E-state index is 0.409. The lowest BCUT2D eigenvalue weighted by Gasteiger charge is -2.53. The van der Waals surface area contributed by atoms with Crippen molar-refractivity contribution in [1.29, 1.82) is 0 Å². The Morgan fingerprint density at radius 1 is 1.08 bits per heavy atom. The summed E-state index contributed by atoms with van der Waals surface area (Å²) in [6.45, 7) is 5.20. The highest BCUT2D eigenvalue weighted by Crippen LogP contribution is 2.68. The van der Waals surface area contributed by atoms with Gasteiger partial charge >= 0.3 is 17.9 Å². The topological polar surface area (TPSA) is 69.7 Å². The van der Waals surface area contributed by atoms with Crippen molar-refractivity contribution in [2.45, 2.75) is 51.0 Å². The molecule has 5 heteroatoms. The van der Waals surface area contributed by atoms with Crippen molar-refractivity contribution in [3.05, 3.63) is 35.4 Å². The number of rotatable bonds is 1. The fourth-order valence-electron chi connectivity index (χ4n) is 5.57. The lowest BCUT2D eigenvalue weighted by atomic mass is 9.52. The van der Waals surface area contributed by atoms with Gasteiger partial charge in [0.25, 0.3) is 0 Å². The first-order valence-corrected chi connectivity index (χ1v) is 8.33. The SMILES string of the molecule is CC(=O)O[C@]12C(=O)OC(=O)[C@]3(C)CCC[C@@](C)(c4ccccc41)[C@H]32. The first-order chi connectivity index (χ1) is 11.3. The summed E-state index contributed by atoms with van der Waals surface area (Å²) in [6.07, 6.45) is 2.32. The molecule has 0 amide bonds. The Hall–Kier alpha value is -2.17. The molecule has 0 spiro atoms. The smallest absolute Gasteiger partial charge is 0.363 e. The van der Waals surface area contributed by atoms with Gasteiger partial charge in [-0.25, -0.2) is 4.79 Å². The van der Waals surface area contributed by atoms with Gasteiger partial charge in [0.2, 0.25) is 5.60 Å². The second-order valence-electron chi connectivity index (χ2n) is 7.67. The summed E-state index contributed by atoms with van der Waals surface area (Å²) >= 11 is 0. The zero-order valence-corrected chi connectivity index (χ0v) is 14.0. The summed E-state index contributed by atoms with van der Waals surface area (Å²) in [7, 11) is 0. The maximum Gasteiger partial charge on any atom is 0.363 e. The van der Waals surface area contributed by atoms with Crippen LogP contribution in [-0.2, 0) is 34.9 Å². The minimum Gasteiger partial charge on any atom is -0.442 e. The minimum atomic E-state index is -1.53. The van der Waals surface area contributed by atoms with E-state index in [1.165, 1.54) is 6.92 Å². The molecular weight excluding hydrogens is 308 g/mol. The van der Waals surface area contributed by atoms with Crippen molar-refractivity contribution < 1.29 is 23.9 Å². The van der Waals surface area contributed by atoms with Crippen LogP contribution in [0.3, 0.4) is 0 Å². The molecule has 1 aromatic carbocycles. The van der Waals surface area contributed by atoms with Gasteiger partial charge in [0.1, 0.15) is 0 Å². The molecular formula is C19H20O5. The van der Waals surface area contributed by atoms with Gasteiger partial charge in [0.05, 0.1) is 5.41 Å². The second kappa shape index (κ2) is 4.47. The van der Waals surface area contributed by atoms with Crippen LogP contribution in [0.25, 0.3) is 0 Å². The Bertz CT molecular complexity index is 784. The van der Waals surface area contributed by atoms with Crippen molar-refractivity contribution in [3.8, 4) is 0 Å². The number of cyclic esters (lactones) is 2. The summed E-state index contributed by atoms with van der Waals surface area (Å²) in [6, 6.07) is 7.54. The number of fused-ring (bicyclic) bond motifs is 3. The first kappa shape index (κ1) is 15.4. The predicted octanol–water partition coefficient (Wildman–Crippen LogP) is 2.61. The zero-order chi connectivity index (χ0) is 17.3. The van der Waals surface area contributed by atoms with Gasteiger partial charge in [-0.15, -0.1) is 0 Å². The third-order valence-corrected chi connectivity index (χ3v) is 6.28. The van der Waals surface area contributed by atoms with Gasteiger partial charge in [0, 0.05) is 23.8 Å². The van der Waals surface area contributed by atoms with E-state index in [-0.39, 0.29) is 0 Å². The van der Waals surface area contributed by atoms with Crippen molar-refractivity contribution in [2.24, 2.45) is 11.3 Å². The summed E-state index contributed by atoms with van der Waals surface area (Å²) in [5.74, 6) is -2.25. The van der Waals surface area contributed by atoms with Gasteiger partial charge in [0.15, 0.2) is 0 Å². The maximum absolute atomic E-state index is 12.9. The number of hydrogen-bond acceptors (Lipinski definition) is 5. The standard InChI is InChI=1S/C19H20O5/c1-11(20)24-19-13-8-5-4-7-12(13)17(2)9-6-10-18(3,14(17)19)15(21)23-16(19)22/h4-5,7-8,14H,6,9-10H2,1-3H3/t14-,17+,18-,19-/m1/s1. The molecule has 1 aromatic rings. The van der Waals surface area contributed by atoms with Crippen LogP contribution in [0.15, 0.2) is 24.3 Å². The van der Waals surface area contributed by atoms with E-state index in [0.29, 0.717) is 12.0 Å². The van der Waals surface area contributed by atoms with Crippen molar-refractivity contribution in [2.75, 3.05) is 0 Å². The Morgan fingerprint density at radius 2 is 1.71 bits per heavy atom. The van der Waals surface area contributed by atoms with Crippen LogP contribution < -0.4 is 0 Å². The van der Waals surface area contributed by atoms with Gasteiger partial charge in [-0.1, -0.05) is 37.6 Å². The van der Waals surface area contributed by atoms with Gasteiger partial charge in [-0.05, 0) is 25.3 Å². The molecule has 5 nitrogen and oxygen atoms in total. The third-order valence-electron chi connectivity index (χ3n) is 6.28. The van der Waals surface area contributed by atoms with Crippen LogP contribution in [0.2, 0.25) is 0 Å². The fraction of sp³-hybridized carbons (Fsp3) is 0.526. The zero-order valence-electron chi connectivity index (χ0n) is 14.0. The predicted molar refractivity (Wildman–Crippen MR) is 83.8 cm³/mol. The van der Waals surface area contributed by atoms with Crippen LogP contribution in [0.1, 0.15) is 51.2 Å². The molecule has 1 saturated carbocycles. The fourth-order valence-corrected chi connectivity index (χ4v) is 5.57. The van der Waals surface area contributed by atoms with Crippen molar-refractivity contribution in [3.63, 3.8) is 0 Å². The first-order valence-electron chi connectivity index (χ1n) is 8.33. The van der Waals surface area contributed by atoms with Crippen LogP contribution in [0.4, 0.5) is 0 Å². The van der Waals surface area contributed by atoms with E-state index < -0.39 is 40.3 Å². The molecule has 3 aliphatic rings. The molecule has 4 atom stereocenters. The molecule has 0 N–H and O–H groups in total. The lowest BCUT2D eigenvalue weighted by Crippen LogP contribution is -2.64. The average molecular weight is 328 g/mol. The molecule has 126 valence electrons. The van der Waals surface area contributed by atoms with Crippen LogP contribution in [0.5, 0.6) is 0 Å². The van der Waals surface area contributed by atoms with Gasteiger partial charge in [-0.2, -0.15) is 0 Å². The van der Waals surface area contributed by atoms with Crippen LogP contribution >= 0.6 is 0 Å². The maximum atomic E-state index is 12.9. The van der Waals surface area contributed by atoms with E-state index in [1.807, 2.05) is 31.2 Å². The molecule has 1 heterocycles. The van der Waals surface area contributed by atoms with E-state index in [9.17, 15) is 14.4 Å². The Kier molecular flexibility index (Phi) is 2.86. The molecule has 0 radical (unpaired) electrons. The Labute approximate surface area is 140 Å². The number of carbonyl (C=O) groups is 3. The Balaban J connectivity index is 2.08. The van der Waals surface area contributed by atoms with Crippen LogP contribution in [-0.4, -0.2) is 17.9 Å². The highest BCUT2D eigenvalue weighted by atomic mass is 16.6. The molecule has 24 heavy (non-hydrogen) atoms. The molecule has 4 rings (SSSR count). The number of benzene rings is 1. The average Bonchev–Trinajstić information content (AvgIpc) is 2.74. The summed E-state index contributed by atoms with van der Waals surface area (Å²) in [5, 5.41) is 0. The van der Waals surface area contributed by atoms with E-state index in [1.54, 1.807) is 0 Å². The van der Waals surface area contributed by atoms with E-state index in [2.05, 4.69) is 6.92 Å². The molecule has 0 bridgehead atoms. The molecule has 2 fully saturated rings. The summed E-state index contributed by atoms with van der Waals surface area (Å²) < 4.78 is 10.8. The highest BCUT2D eigenvalue weighted by Gasteiger charge is 2.75. The third kappa shape index (κ3) is 1.53. The largest absolute Gasteiger partial charge is 0.442 e.